The van der Waals surface area contributed by atoms with Gasteiger partial charge in [0.05, 0.1) is 19.2 Å². The summed E-state index contributed by atoms with van der Waals surface area (Å²) in [5.74, 6) is 1.33. The number of benzene rings is 2. The van der Waals surface area contributed by atoms with Gasteiger partial charge in [0.2, 0.25) is 5.91 Å². The number of nitrogens with one attached hydrogen (secondary N) is 1. The Hall–Kier alpha value is -2.57. The van der Waals surface area contributed by atoms with Crippen molar-refractivity contribution in [3.63, 3.8) is 0 Å². The van der Waals surface area contributed by atoms with Gasteiger partial charge in [0.15, 0.2) is 0 Å². The van der Waals surface area contributed by atoms with E-state index in [0.29, 0.717) is 32.0 Å². The minimum absolute atomic E-state index is 0.105. The summed E-state index contributed by atoms with van der Waals surface area (Å²) in [5.41, 5.74) is 2.10. The van der Waals surface area contributed by atoms with Crippen LogP contribution in [0.4, 0.5) is 4.79 Å². The number of imide groups is 1. The molecule has 0 spiro atoms. The Morgan fingerprint density at radius 3 is 2.55 bits per heavy atom. The Labute approximate surface area is 200 Å². The van der Waals surface area contributed by atoms with Crippen LogP contribution in [0.25, 0.3) is 0 Å². The van der Waals surface area contributed by atoms with Gasteiger partial charge >= 0.3 is 6.03 Å². The molecule has 2 heterocycles. The van der Waals surface area contributed by atoms with Crippen molar-refractivity contribution in [3.05, 3.63) is 64.7 Å². The SMILES string of the molecule is CCOc1ccc(Cl)c(CC2CCN(CC3CC(=O)N(Cc4ccccc4)C(=O)N3)CC2)c1. The van der Waals surface area contributed by atoms with Crippen LogP contribution >= 0.6 is 11.6 Å². The van der Waals surface area contributed by atoms with Crippen LogP contribution in [-0.4, -0.2) is 54.0 Å². The quantitative estimate of drug-likeness (QED) is 0.618. The van der Waals surface area contributed by atoms with E-state index in [1.807, 2.05) is 49.4 Å². The van der Waals surface area contributed by atoms with Gasteiger partial charge in [-0.25, -0.2) is 4.79 Å². The number of carbonyl (C=O) groups is 2. The van der Waals surface area contributed by atoms with Crippen molar-refractivity contribution >= 4 is 23.5 Å². The Bertz CT molecular complexity index is 943. The molecule has 0 aromatic heterocycles. The molecule has 2 aromatic rings. The fourth-order valence-corrected chi connectivity index (χ4v) is 4.93. The summed E-state index contributed by atoms with van der Waals surface area (Å²) < 4.78 is 5.62. The van der Waals surface area contributed by atoms with E-state index in [-0.39, 0.29) is 18.0 Å². The number of hydrogen-bond donors (Lipinski definition) is 1. The lowest BCUT2D eigenvalue weighted by atomic mass is 9.89. The fourth-order valence-electron chi connectivity index (χ4n) is 4.73. The molecule has 2 fully saturated rings. The van der Waals surface area contributed by atoms with Crippen molar-refractivity contribution in [3.8, 4) is 5.75 Å². The van der Waals surface area contributed by atoms with Crippen molar-refractivity contribution in [2.45, 2.75) is 45.2 Å². The number of likely N-dealkylation sites (tertiary alicyclic amines) is 1. The van der Waals surface area contributed by atoms with E-state index in [1.165, 1.54) is 4.90 Å². The van der Waals surface area contributed by atoms with E-state index >= 15 is 0 Å². The summed E-state index contributed by atoms with van der Waals surface area (Å²) in [6.07, 6.45) is 3.44. The maximum absolute atomic E-state index is 12.6. The van der Waals surface area contributed by atoms with Gasteiger partial charge in [-0.15, -0.1) is 0 Å². The summed E-state index contributed by atoms with van der Waals surface area (Å²) >= 11 is 6.42. The number of urea groups is 1. The number of hydrogen-bond acceptors (Lipinski definition) is 4. The highest BCUT2D eigenvalue weighted by molar-refractivity contribution is 6.31. The van der Waals surface area contributed by atoms with Crippen LogP contribution in [0.3, 0.4) is 0 Å². The maximum atomic E-state index is 12.6. The second kappa shape index (κ2) is 11.0. The molecule has 3 amide bonds. The molecule has 176 valence electrons. The number of piperidine rings is 1. The van der Waals surface area contributed by atoms with Crippen LogP contribution in [0.2, 0.25) is 5.02 Å². The first-order chi connectivity index (χ1) is 16.0. The lowest BCUT2D eigenvalue weighted by Gasteiger charge is -2.37. The number of amides is 3. The molecule has 1 N–H and O–H groups in total. The molecule has 0 bridgehead atoms. The van der Waals surface area contributed by atoms with E-state index in [0.717, 1.165) is 54.3 Å². The van der Waals surface area contributed by atoms with Gasteiger partial charge in [-0.1, -0.05) is 41.9 Å². The average Bonchev–Trinajstić information content (AvgIpc) is 2.81. The fraction of sp³-hybridized carbons (Fsp3) is 0.462. The molecule has 1 unspecified atom stereocenters. The van der Waals surface area contributed by atoms with Crippen LogP contribution in [0, 0.1) is 5.92 Å². The zero-order valence-corrected chi connectivity index (χ0v) is 19.9. The minimum atomic E-state index is -0.293. The Morgan fingerprint density at radius 1 is 1.09 bits per heavy atom. The number of carbonyl (C=O) groups excluding carboxylic acids is 2. The van der Waals surface area contributed by atoms with Crippen molar-refractivity contribution < 1.29 is 14.3 Å². The Balaban J connectivity index is 1.25. The summed E-state index contributed by atoms with van der Waals surface area (Å²) in [6, 6.07) is 15.1. The lowest BCUT2D eigenvalue weighted by Crippen LogP contribution is -2.57. The van der Waals surface area contributed by atoms with E-state index in [9.17, 15) is 9.59 Å². The zero-order chi connectivity index (χ0) is 23.2. The van der Waals surface area contributed by atoms with E-state index in [4.69, 9.17) is 16.3 Å². The van der Waals surface area contributed by atoms with Gasteiger partial charge in [-0.3, -0.25) is 9.69 Å². The first-order valence-corrected chi connectivity index (χ1v) is 12.2. The van der Waals surface area contributed by atoms with Crippen LogP contribution in [0.15, 0.2) is 48.5 Å². The van der Waals surface area contributed by atoms with Crippen LogP contribution in [0.1, 0.15) is 37.3 Å². The normalized spacial score (nSPS) is 20.1. The summed E-state index contributed by atoms with van der Waals surface area (Å²) in [4.78, 5) is 28.9. The molecule has 0 radical (unpaired) electrons. The molecule has 2 aromatic carbocycles. The number of halogens is 1. The molecular formula is C26H32ClN3O3. The smallest absolute Gasteiger partial charge is 0.324 e. The average molecular weight is 470 g/mol. The number of ether oxygens (including phenoxy) is 1. The van der Waals surface area contributed by atoms with Gasteiger partial charge in [0, 0.05) is 18.0 Å². The van der Waals surface area contributed by atoms with Crippen LogP contribution in [0.5, 0.6) is 5.75 Å². The van der Waals surface area contributed by atoms with E-state index in [1.54, 1.807) is 0 Å². The van der Waals surface area contributed by atoms with Gasteiger partial charge in [-0.05, 0) is 74.5 Å². The maximum Gasteiger partial charge on any atom is 0.324 e. The summed E-state index contributed by atoms with van der Waals surface area (Å²) in [6.45, 7) is 5.57. The molecular weight excluding hydrogens is 438 g/mol. The standard InChI is InChI=1S/C26H32ClN3O3/c1-2-33-23-8-9-24(27)21(15-23)14-19-10-12-29(13-11-19)18-22-16-25(31)30(26(32)28-22)17-20-6-4-3-5-7-20/h3-9,15,19,22H,2,10-14,16-18H2,1H3,(H,28,32). The molecule has 6 nitrogen and oxygen atoms in total. The highest BCUT2D eigenvalue weighted by Crippen LogP contribution is 2.29. The molecule has 0 aliphatic carbocycles. The first kappa shape index (κ1) is 23.6. The van der Waals surface area contributed by atoms with Crippen molar-refractivity contribution in [2.75, 3.05) is 26.2 Å². The van der Waals surface area contributed by atoms with E-state index < -0.39 is 0 Å². The molecule has 2 saturated heterocycles. The molecule has 2 aliphatic heterocycles. The van der Waals surface area contributed by atoms with Gasteiger partial charge in [0.25, 0.3) is 0 Å². The molecule has 7 heteroatoms. The van der Waals surface area contributed by atoms with E-state index in [2.05, 4.69) is 16.3 Å². The Morgan fingerprint density at radius 2 is 1.85 bits per heavy atom. The molecule has 4 rings (SSSR count). The van der Waals surface area contributed by atoms with Crippen LogP contribution in [-0.2, 0) is 17.8 Å². The first-order valence-electron chi connectivity index (χ1n) is 11.8. The molecule has 33 heavy (non-hydrogen) atoms. The largest absolute Gasteiger partial charge is 0.494 e. The lowest BCUT2D eigenvalue weighted by molar-refractivity contribution is -0.130. The topological polar surface area (TPSA) is 61.9 Å². The third kappa shape index (κ3) is 6.27. The molecule has 2 aliphatic rings. The molecule has 1 atom stereocenters. The van der Waals surface area contributed by atoms with Gasteiger partial charge in [-0.2, -0.15) is 0 Å². The second-order valence-electron chi connectivity index (χ2n) is 8.95. The van der Waals surface area contributed by atoms with Gasteiger partial charge in [0.1, 0.15) is 5.75 Å². The summed E-state index contributed by atoms with van der Waals surface area (Å²) in [7, 11) is 0. The summed E-state index contributed by atoms with van der Waals surface area (Å²) in [5, 5.41) is 3.83. The monoisotopic (exact) mass is 469 g/mol. The van der Waals surface area contributed by atoms with Crippen LogP contribution < -0.4 is 10.1 Å². The van der Waals surface area contributed by atoms with Crippen molar-refractivity contribution in [2.24, 2.45) is 5.92 Å². The predicted molar refractivity (Wildman–Crippen MR) is 129 cm³/mol. The van der Waals surface area contributed by atoms with Crippen molar-refractivity contribution in [1.29, 1.82) is 0 Å². The second-order valence-corrected chi connectivity index (χ2v) is 9.36. The van der Waals surface area contributed by atoms with Gasteiger partial charge < -0.3 is 15.0 Å². The number of rotatable bonds is 8. The predicted octanol–water partition coefficient (Wildman–Crippen LogP) is 4.50. The highest BCUT2D eigenvalue weighted by Gasteiger charge is 2.33. The molecule has 0 saturated carbocycles. The Kier molecular flexibility index (Phi) is 7.89. The highest BCUT2D eigenvalue weighted by atomic mass is 35.5. The third-order valence-corrected chi connectivity index (χ3v) is 6.87. The minimum Gasteiger partial charge on any atom is -0.494 e. The van der Waals surface area contributed by atoms with Crippen molar-refractivity contribution in [1.82, 2.24) is 15.1 Å². The third-order valence-electron chi connectivity index (χ3n) is 6.50. The number of nitrogens with zero attached hydrogens (tertiary/aromatic N) is 2. The zero-order valence-electron chi connectivity index (χ0n) is 19.1.